The van der Waals surface area contributed by atoms with E-state index in [1.54, 1.807) is 6.07 Å². The van der Waals surface area contributed by atoms with E-state index in [1.807, 2.05) is 6.92 Å². The summed E-state index contributed by atoms with van der Waals surface area (Å²) < 4.78 is 0. The molecule has 100 valence electrons. The Labute approximate surface area is 112 Å². The number of nitrogens with one attached hydrogen (secondary N) is 2. The maximum absolute atomic E-state index is 12.1. The van der Waals surface area contributed by atoms with Gasteiger partial charge in [-0.25, -0.2) is 4.98 Å². The van der Waals surface area contributed by atoms with Gasteiger partial charge in [0.05, 0.1) is 5.54 Å². The van der Waals surface area contributed by atoms with Gasteiger partial charge in [0.1, 0.15) is 0 Å². The zero-order valence-electron chi connectivity index (χ0n) is 10.3. The first-order valence-corrected chi connectivity index (χ1v) is 5.82. The van der Waals surface area contributed by atoms with Gasteiger partial charge in [-0.05, 0) is 44.9 Å². The molecule has 0 aromatic carbocycles. The minimum Gasteiger partial charge on any atom is -0.504 e. The van der Waals surface area contributed by atoms with E-state index in [2.05, 4.69) is 15.6 Å². The van der Waals surface area contributed by atoms with E-state index < -0.39 is 5.54 Å². The molecule has 18 heavy (non-hydrogen) atoms. The lowest BCUT2D eigenvalue weighted by Crippen LogP contribution is -2.54. The quantitative estimate of drug-likeness (QED) is 0.765. The van der Waals surface area contributed by atoms with E-state index in [4.69, 9.17) is 0 Å². The van der Waals surface area contributed by atoms with Crippen molar-refractivity contribution in [3.05, 3.63) is 18.3 Å². The Balaban J connectivity index is 0.00000162. The lowest BCUT2D eigenvalue weighted by atomic mass is 9.90. The third kappa shape index (κ3) is 3.11. The van der Waals surface area contributed by atoms with Crippen molar-refractivity contribution in [1.82, 2.24) is 10.3 Å². The SMILES string of the molecule is CC1(C(=O)Nc2ncccc2O)CCCCN1.Cl. The summed E-state index contributed by atoms with van der Waals surface area (Å²) in [5, 5.41) is 15.4. The van der Waals surface area contributed by atoms with Crippen LogP contribution in [0, 0.1) is 0 Å². The molecule has 0 aliphatic carbocycles. The Hall–Kier alpha value is -1.33. The summed E-state index contributed by atoms with van der Waals surface area (Å²) in [4.78, 5) is 16.1. The number of halogens is 1. The summed E-state index contributed by atoms with van der Waals surface area (Å²) in [6.45, 7) is 2.72. The average molecular weight is 272 g/mol. The van der Waals surface area contributed by atoms with Crippen LogP contribution in [0.1, 0.15) is 26.2 Å². The van der Waals surface area contributed by atoms with Crippen molar-refractivity contribution in [2.24, 2.45) is 0 Å². The van der Waals surface area contributed by atoms with Gasteiger partial charge in [0.2, 0.25) is 5.91 Å². The molecular formula is C12H18ClN3O2. The van der Waals surface area contributed by atoms with E-state index in [0.29, 0.717) is 0 Å². The highest BCUT2D eigenvalue weighted by Crippen LogP contribution is 2.23. The van der Waals surface area contributed by atoms with Crippen LogP contribution in [0.5, 0.6) is 5.75 Å². The number of nitrogens with zero attached hydrogens (tertiary/aromatic N) is 1. The first kappa shape index (κ1) is 14.7. The fourth-order valence-corrected chi connectivity index (χ4v) is 1.99. The maximum Gasteiger partial charge on any atom is 0.245 e. The average Bonchev–Trinajstić information content (AvgIpc) is 2.33. The molecule has 2 heterocycles. The van der Waals surface area contributed by atoms with Crippen molar-refractivity contribution in [3.8, 4) is 5.75 Å². The summed E-state index contributed by atoms with van der Waals surface area (Å²) in [5.74, 6) is 0.0533. The van der Waals surface area contributed by atoms with Crippen molar-refractivity contribution in [1.29, 1.82) is 0 Å². The highest BCUT2D eigenvalue weighted by atomic mass is 35.5. The van der Waals surface area contributed by atoms with E-state index in [-0.39, 0.29) is 29.9 Å². The van der Waals surface area contributed by atoms with Crippen LogP contribution in [0.2, 0.25) is 0 Å². The number of amides is 1. The maximum atomic E-state index is 12.1. The molecule has 1 aromatic rings. The predicted octanol–water partition coefficient (Wildman–Crippen LogP) is 1.68. The molecule has 0 radical (unpaired) electrons. The Kier molecular flexibility index (Phi) is 4.93. The fourth-order valence-electron chi connectivity index (χ4n) is 1.99. The second-order valence-electron chi connectivity index (χ2n) is 4.54. The number of hydrogen-bond donors (Lipinski definition) is 3. The van der Waals surface area contributed by atoms with Gasteiger partial charge in [-0.3, -0.25) is 4.79 Å². The number of pyridine rings is 1. The number of anilines is 1. The molecule has 3 N–H and O–H groups in total. The Morgan fingerprint density at radius 2 is 2.33 bits per heavy atom. The molecule has 6 heteroatoms. The molecule has 0 spiro atoms. The molecule has 1 amide bonds. The topological polar surface area (TPSA) is 74.2 Å². The Morgan fingerprint density at radius 1 is 1.56 bits per heavy atom. The van der Waals surface area contributed by atoms with Gasteiger partial charge < -0.3 is 15.7 Å². The van der Waals surface area contributed by atoms with E-state index in [0.717, 1.165) is 25.8 Å². The third-order valence-corrected chi connectivity index (χ3v) is 3.14. The van der Waals surface area contributed by atoms with Crippen LogP contribution in [0.3, 0.4) is 0 Å². The highest BCUT2D eigenvalue weighted by Gasteiger charge is 2.34. The van der Waals surface area contributed by atoms with Crippen molar-refractivity contribution in [3.63, 3.8) is 0 Å². The lowest BCUT2D eigenvalue weighted by molar-refractivity contribution is -0.122. The molecular weight excluding hydrogens is 254 g/mol. The van der Waals surface area contributed by atoms with Crippen molar-refractivity contribution in [2.45, 2.75) is 31.7 Å². The van der Waals surface area contributed by atoms with Gasteiger partial charge in [0, 0.05) is 6.20 Å². The molecule has 1 aliphatic heterocycles. The summed E-state index contributed by atoms with van der Waals surface area (Å²) in [6, 6.07) is 3.12. The van der Waals surface area contributed by atoms with Crippen molar-refractivity contribution >= 4 is 24.1 Å². The molecule has 1 aromatic heterocycles. The smallest absolute Gasteiger partial charge is 0.245 e. The number of rotatable bonds is 2. The predicted molar refractivity (Wildman–Crippen MR) is 72.0 cm³/mol. The van der Waals surface area contributed by atoms with Gasteiger partial charge in [-0.1, -0.05) is 0 Å². The van der Waals surface area contributed by atoms with Crippen LogP contribution in [0.25, 0.3) is 0 Å². The number of aromatic nitrogens is 1. The zero-order valence-corrected chi connectivity index (χ0v) is 11.1. The molecule has 1 unspecified atom stereocenters. The minimum atomic E-state index is -0.567. The lowest BCUT2D eigenvalue weighted by Gasteiger charge is -2.33. The summed E-state index contributed by atoms with van der Waals surface area (Å²) in [5.41, 5.74) is -0.567. The second kappa shape index (κ2) is 6.02. The zero-order chi connectivity index (χ0) is 12.3. The first-order valence-electron chi connectivity index (χ1n) is 5.82. The molecule has 1 fully saturated rings. The van der Waals surface area contributed by atoms with Gasteiger partial charge >= 0.3 is 0 Å². The van der Waals surface area contributed by atoms with Gasteiger partial charge in [-0.2, -0.15) is 0 Å². The highest BCUT2D eigenvalue weighted by molar-refractivity contribution is 5.98. The van der Waals surface area contributed by atoms with Crippen LogP contribution in [-0.2, 0) is 4.79 Å². The Bertz CT molecular complexity index is 420. The largest absolute Gasteiger partial charge is 0.504 e. The van der Waals surface area contributed by atoms with Crippen LogP contribution in [0.15, 0.2) is 18.3 Å². The molecule has 1 aliphatic rings. The molecule has 0 bridgehead atoms. The number of aromatic hydroxyl groups is 1. The Morgan fingerprint density at radius 3 is 2.94 bits per heavy atom. The number of piperidine rings is 1. The number of carbonyl (C=O) groups is 1. The first-order chi connectivity index (χ1) is 8.12. The van der Waals surface area contributed by atoms with E-state index in [1.165, 1.54) is 12.3 Å². The molecule has 1 atom stereocenters. The molecule has 5 nitrogen and oxygen atoms in total. The monoisotopic (exact) mass is 271 g/mol. The molecule has 0 saturated carbocycles. The minimum absolute atomic E-state index is 0. The van der Waals surface area contributed by atoms with Crippen LogP contribution < -0.4 is 10.6 Å². The normalized spacial score (nSPS) is 22.9. The van der Waals surface area contributed by atoms with E-state index in [9.17, 15) is 9.90 Å². The van der Waals surface area contributed by atoms with E-state index >= 15 is 0 Å². The van der Waals surface area contributed by atoms with Gasteiger partial charge in [0.15, 0.2) is 11.6 Å². The summed E-state index contributed by atoms with van der Waals surface area (Å²) in [6.07, 6.45) is 4.46. The summed E-state index contributed by atoms with van der Waals surface area (Å²) >= 11 is 0. The number of carbonyl (C=O) groups excluding carboxylic acids is 1. The van der Waals surface area contributed by atoms with Gasteiger partial charge in [-0.15, -0.1) is 12.4 Å². The standard InChI is InChI=1S/C12H17N3O2.ClH/c1-12(6-2-3-8-14-12)11(17)15-10-9(16)5-4-7-13-10;/h4-5,7,14,16H,2-3,6,8H2,1H3,(H,13,15,17);1H. The third-order valence-electron chi connectivity index (χ3n) is 3.14. The van der Waals surface area contributed by atoms with Crippen molar-refractivity contribution < 1.29 is 9.90 Å². The second-order valence-corrected chi connectivity index (χ2v) is 4.54. The van der Waals surface area contributed by atoms with Gasteiger partial charge in [0.25, 0.3) is 0 Å². The number of hydrogen-bond acceptors (Lipinski definition) is 4. The summed E-state index contributed by atoms with van der Waals surface area (Å²) in [7, 11) is 0. The molecule has 2 rings (SSSR count). The fraction of sp³-hybridized carbons (Fsp3) is 0.500. The molecule has 1 saturated heterocycles. The van der Waals surface area contributed by atoms with Crippen LogP contribution in [-0.4, -0.2) is 28.1 Å². The van der Waals surface area contributed by atoms with Crippen LogP contribution in [0.4, 0.5) is 5.82 Å². The van der Waals surface area contributed by atoms with Crippen LogP contribution >= 0.6 is 12.4 Å². The van der Waals surface area contributed by atoms with Crippen molar-refractivity contribution in [2.75, 3.05) is 11.9 Å².